The summed E-state index contributed by atoms with van der Waals surface area (Å²) in [5, 5.41) is 13.3. The SMILES string of the molecule is CN(CC(=O)NC1CC1)C(=O)COC(=O)c1ccc([N+](=O)[O-])cc1. The minimum atomic E-state index is -0.769. The van der Waals surface area contributed by atoms with Gasteiger partial charge < -0.3 is 15.0 Å². The summed E-state index contributed by atoms with van der Waals surface area (Å²) in [6.07, 6.45) is 1.91. The predicted octanol–water partition coefficient (Wildman–Crippen LogP) is 0.489. The smallest absolute Gasteiger partial charge is 0.338 e. The van der Waals surface area contributed by atoms with Crippen LogP contribution in [0.25, 0.3) is 0 Å². The van der Waals surface area contributed by atoms with Crippen molar-refractivity contribution >= 4 is 23.5 Å². The number of carbonyl (C=O) groups excluding carboxylic acids is 3. The molecule has 9 heteroatoms. The van der Waals surface area contributed by atoms with E-state index < -0.39 is 23.4 Å². The Balaban J connectivity index is 1.78. The number of nitrogens with zero attached hydrogens (tertiary/aromatic N) is 2. The molecule has 1 N–H and O–H groups in total. The second-order valence-electron chi connectivity index (χ2n) is 5.47. The summed E-state index contributed by atoms with van der Waals surface area (Å²) in [7, 11) is 1.44. The molecular formula is C15H17N3O6. The lowest BCUT2D eigenvalue weighted by molar-refractivity contribution is -0.384. The average Bonchev–Trinajstić information content (AvgIpc) is 3.35. The van der Waals surface area contributed by atoms with Gasteiger partial charge in [0, 0.05) is 25.2 Å². The van der Waals surface area contributed by atoms with E-state index in [4.69, 9.17) is 4.74 Å². The summed E-state index contributed by atoms with van der Waals surface area (Å²) < 4.78 is 4.85. The first-order valence-electron chi connectivity index (χ1n) is 7.31. The number of nitro groups is 1. The highest BCUT2D eigenvalue weighted by Crippen LogP contribution is 2.18. The average molecular weight is 335 g/mol. The Morgan fingerprint density at radius 1 is 1.29 bits per heavy atom. The molecule has 0 radical (unpaired) electrons. The summed E-state index contributed by atoms with van der Waals surface area (Å²) in [4.78, 5) is 46.3. The number of amides is 2. The van der Waals surface area contributed by atoms with Gasteiger partial charge in [0.25, 0.3) is 11.6 Å². The number of nitrogens with one attached hydrogen (secondary N) is 1. The van der Waals surface area contributed by atoms with Crippen molar-refractivity contribution in [1.29, 1.82) is 0 Å². The number of non-ortho nitro benzene ring substituents is 1. The third-order valence-electron chi connectivity index (χ3n) is 3.39. The van der Waals surface area contributed by atoms with Crippen molar-refractivity contribution in [2.75, 3.05) is 20.2 Å². The van der Waals surface area contributed by atoms with Crippen LogP contribution in [-0.4, -0.2) is 53.8 Å². The van der Waals surface area contributed by atoms with Gasteiger partial charge in [-0.2, -0.15) is 0 Å². The van der Waals surface area contributed by atoms with Gasteiger partial charge in [-0.1, -0.05) is 0 Å². The number of nitro benzene ring substituents is 1. The molecular weight excluding hydrogens is 318 g/mol. The zero-order valence-corrected chi connectivity index (χ0v) is 13.1. The monoisotopic (exact) mass is 335 g/mol. The van der Waals surface area contributed by atoms with Crippen molar-refractivity contribution in [2.24, 2.45) is 0 Å². The van der Waals surface area contributed by atoms with E-state index in [2.05, 4.69) is 5.32 Å². The molecule has 0 bridgehead atoms. The lowest BCUT2D eigenvalue weighted by atomic mass is 10.2. The zero-order chi connectivity index (χ0) is 17.7. The lowest BCUT2D eigenvalue weighted by Gasteiger charge is -2.16. The van der Waals surface area contributed by atoms with Crippen LogP contribution in [0, 0.1) is 10.1 Å². The van der Waals surface area contributed by atoms with E-state index in [0.29, 0.717) is 0 Å². The topological polar surface area (TPSA) is 119 Å². The molecule has 0 saturated heterocycles. The van der Waals surface area contributed by atoms with E-state index >= 15 is 0 Å². The van der Waals surface area contributed by atoms with Gasteiger partial charge in [0.1, 0.15) is 0 Å². The van der Waals surface area contributed by atoms with E-state index in [0.717, 1.165) is 12.8 Å². The third kappa shape index (κ3) is 5.04. The van der Waals surface area contributed by atoms with Crippen molar-refractivity contribution < 1.29 is 24.0 Å². The number of hydrogen-bond acceptors (Lipinski definition) is 6. The van der Waals surface area contributed by atoms with Gasteiger partial charge in [-0.05, 0) is 25.0 Å². The van der Waals surface area contributed by atoms with Crippen LogP contribution < -0.4 is 5.32 Å². The molecule has 9 nitrogen and oxygen atoms in total. The number of benzene rings is 1. The van der Waals surface area contributed by atoms with Crippen LogP contribution in [0.2, 0.25) is 0 Å². The summed E-state index contributed by atoms with van der Waals surface area (Å²) in [5.41, 5.74) is -0.0495. The molecule has 1 aliphatic rings. The minimum Gasteiger partial charge on any atom is -0.452 e. The molecule has 128 valence electrons. The number of ether oxygens (including phenoxy) is 1. The fraction of sp³-hybridized carbons (Fsp3) is 0.400. The maximum Gasteiger partial charge on any atom is 0.338 e. The van der Waals surface area contributed by atoms with Crippen LogP contribution in [0.15, 0.2) is 24.3 Å². The van der Waals surface area contributed by atoms with Crippen LogP contribution in [-0.2, 0) is 14.3 Å². The molecule has 0 spiro atoms. The highest BCUT2D eigenvalue weighted by molar-refractivity contribution is 5.92. The Kier molecular flexibility index (Phi) is 5.46. The van der Waals surface area contributed by atoms with E-state index in [1.165, 1.54) is 36.2 Å². The molecule has 2 rings (SSSR count). The first-order chi connectivity index (χ1) is 11.4. The molecule has 0 aliphatic heterocycles. The number of hydrogen-bond donors (Lipinski definition) is 1. The number of esters is 1. The van der Waals surface area contributed by atoms with E-state index in [1.54, 1.807) is 0 Å². The summed E-state index contributed by atoms with van der Waals surface area (Å²) in [5.74, 6) is -1.54. The Morgan fingerprint density at radius 2 is 1.92 bits per heavy atom. The maximum absolute atomic E-state index is 11.8. The fourth-order valence-electron chi connectivity index (χ4n) is 1.84. The number of rotatable bonds is 7. The van der Waals surface area contributed by atoms with Crippen molar-refractivity contribution in [3.8, 4) is 0 Å². The van der Waals surface area contributed by atoms with Gasteiger partial charge in [-0.3, -0.25) is 19.7 Å². The number of carbonyl (C=O) groups is 3. The lowest BCUT2D eigenvalue weighted by Crippen LogP contribution is -2.40. The summed E-state index contributed by atoms with van der Waals surface area (Å²) >= 11 is 0. The van der Waals surface area contributed by atoms with Crippen LogP contribution in [0.1, 0.15) is 23.2 Å². The Labute approximate surface area is 137 Å². The van der Waals surface area contributed by atoms with Gasteiger partial charge >= 0.3 is 5.97 Å². The van der Waals surface area contributed by atoms with Crippen LogP contribution in [0.5, 0.6) is 0 Å². The van der Waals surface area contributed by atoms with Crippen LogP contribution >= 0.6 is 0 Å². The van der Waals surface area contributed by atoms with Crippen LogP contribution in [0.4, 0.5) is 5.69 Å². The van der Waals surface area contributed by atoms with E-state index in [1.807, 2.05) is 0 Å². The minimum absolute atomic E-state index is 0.0996. The predicted molar refractivity (Wildman–Crippen MR) is 82.2 cm³/mol. The largest absolute Gasteiger partial charge is 0.452 e. The number of likely N-dealkylation sites (N-methyl/N-ethyl adjacent to an activating group) is 1. The molecule has 0 unspecified atom stereocenters. The first kappa shape index (κ1) is 17.4. The van der Waals surface area contributed by atoms with Crippen molar-refractivity contribution in [1.82, 2.24) is 10.2 Å². The molecule has 24 heavy (non-hydrogen) atoms. The Hall–Kier alpha value is -2.97. The van der Waals surface area contributed by atoms with Gasteiger partial charge in [-0.25, -0.2) is 4.79 Å². The second kappa shape index (κ2) is 7.53. The Morgan fingerprint density at radius 3 is 2.46 bits per heavy atom. The molecule has 0 atom stereocenters. The van der Waals surface area contributed by atoms with Crippen LogP contribution in [0.3, 0.4) is 0 Å². The summed E-state index contributed by atoms with van der Waals surface area (Å²) in [6, 6.07) is 5.05. The highest BCUT2D eigenvalue weighted by Gasteiger charge is 2.24. The van der Waals surface area contributed by atoms with E-state index in [-0.39, 0.29) is 29.7 Å². The van der Waals surface area contributed by atoms with E-state index in [9.17, 15) is 24.5 Å². The second-order valence-corrected chi connectivity index (χ2v) is 5.47. The summed E-state index contributed by atoms with van der Waals surface area (Å²) in [6.45, 7) is -0.618. The normalized spacial score (nSPS) is 13.0. The quantitative estimate of drug-likeness (QED) is 0.440. The molecule has 1 fully saturated rings. The molecule has 2 amide bonds. The maximum atomic E-state index is 11.8. The van der Waals surface area contributed by atoms with Gasteiger partial charge in [0.15, 0.2) is 6.61 Å². The fourth-order valence-corrected chi connectivity index (χ4v) is 1.84. The van der Waals surface area contributed by atoms with Gasteiger partial charge in [-0.15, -0.1) is 0 Å². The van der Waals surface area contributed by atoms with Gasteiger partial charge in [0.05, 0.1) is 17.0 Å². The first-order valence-corrected chi connectivity index (χ1v) is 7.31. The molecule has 1 aromatic rings. The standard InChI is InChI=1S/C15H17N3O6/c1-17(8-13(19)16-11-4-5-11)14(20)9-24-15(21)10-2-6-12(7-3-10)18(22)23/h2-3,6-7,11H,4-5,8-9H2,1H3,(H,16,19). The molecule has 1 saturated carbocycles. The third-order valence-corrected chi connectivity index (χ3v) is 3.39. The molecule has 1 aromatic carbocycles. The molecule has 1 aliphatic carbocycles. The highest BCUT2D eigenvalue weighted by atomic mass is 16.6. The van der Waals surface area contributed by atoms with Crippen molar-refractivity contribution in [3.63, 3.8) is 0 Å². The van der Waals surface area contributed by atoms with Gasteiger partial charge in [0.2, 0.25) is 5.91 Å². The van der Waals surface area contributed by atoms with Crippen molar-refractivity contribution in [3.05, 3.63) is 39.9 Å². The van der Waals surface area contributed by atoms with Crippen molar-refractivity contribution in [2.45, 2.75) is 18.9 Å². The molecule has 0 aromatic heterocycles. The Bertz CT molecular complexity index is 654. The molecule has 0 heterocycles. The zero-order valence-electron chi connectivity index (χ0n) is 13.1.